The number of aliphatic hydroxyl groups is 2. The normalized spacial score (nSPS) is 17.3. The molecule has 2 rings (SSSR count). The molecule has 1 saturated heterocycles. The van der Waals surface area contributed by atoms with E-state index in [4.69, 9.17) is 9.84 Å². The van der Waals surface area contributed by atoms with E-state index in [1.165, 1.54) is 7.11 Å². The molecule has 0 aromatic heterocycles. The van der Waals surface area contributed by atoms with Crippen molar-refractivity contribution in [2.75, 3.05) is 26.9 Å². The van der Waals surface area contributed by atoms with E-state index in [1.807, 2.05) is 0 Å². The average Bonchev–Trinajstić information content (AvgIpc) is 3.00. The molecule has 1 unspecified atom stereocenters. The van der Waals surface area contributed by atoms with Gasteiger partial charge in [-0.25, -0.2) is 0 Å². The van der Waals surface area contributed by atoms with Crippen molar-refractivity contribution in [1.82, 2.24) is 4.90 Å². The van der Waals surface area contributed by atoms with E-state index >= 15 is 0 Å². The number of nitrogens with zero attached hydrogens (tertiary/aromatic N) is 1. The second-order valence-electron chi connectivity index (χ2n) is 4.85. The number of amides is 1. The summed E-state index contributed by atoms with van der Waals surface area (Å²) < 4.78 is 5.20. The lowest BCUT2D eigenvalue weighted by Crippen LogP contribution is -2.37. The quantitative estimate of drug-likeness (QED) is 0.801. The van der Waals surface area contributed by atoms with Gasteiger partial charge in [-0.15, -0.1) is 0 Å². The van der Waals surface area contributed by atoms with Crippen LogP contribution in [-0.4, -0.2) is 53.9 Å². The second-order valence-corrected chi connectivity index (χ2v) is 4.85. The zero-order valence-electron chi connectivity index (χ0n) is 12.0. The SMILES string of the molecule is COc1ccc(C(=O)N2CCCC2CO)cc1C#CCO. The maximum atomic E-state index is 12.5. The van der Waals surface area contributed by atoms with E-state index < -0.39 is 0 Å². The molecule has 1 aliphatic heterocycles. The van der Waals surface area contributed by atoms with Gasteiger partial charge in [0.05, 0.1) is 25.3 Å². The Balaban J connectivity index is 2.29. The number of hydrogen-bond acceptors (Lipinski definition) is 4. The summed E-state index contributed by atoms with van der Waals surface area (Å²) in [5.41, 5.74) is 1.08. The predicted molar refractivity (Wildman–Crippen MR) is 78.1 cm³/mol. The number of benzene rings is 1. The highest BCUT2D eigenvalue weighted by Gasteiger charge is 2.28. The molecule has 1 aromatic rings. The van der Waals surface area contributed by atoms with E-state index in [1.54, 1.807) is 23.1 Å². The van der Waals surface area contributed by atoms with Crippen molar-refractivity contribution in [3.05, 3.63) is 29.3 Å². The number of ether oxygens (including phenoxy) is 1. The van der Waals surface area contributed by atoms with Crippen molar-refractivity contribution in [3.63, 3.8) is 0 Å². The molecule has 0 radical (unpaired) electrons. The van der Waals surface area contributed by atoms with E-state index in [2.05, 4.69) is 11.8 Å². The average molecular weight is 289 g/mol. The van der Waals surface area contributed by atoms with Gasteiger partial charge in [0, 0.05) is 12.1 Å². The molecule has 1 heterocycles. The Morgan fingerprint density at radius 3 is 2.95 bits per heavy atom. The van der Waals surface area contributed by atoms with Gasteiger partial charge in [-0.3, -0.25) is 4.79 Å². The van der Waals surface area contributed by atoms with Gasteiger partial charge in [0.15, 0.2) is 0 Å². The molecule has 1 atom stereocenters. The van der Waals surface area contributed by atoms with Crippen molar-refractivity contribution in [2.45, 2.75) is 18.9 Å². The number of methoxy groups -OCH3 is 1. The fourth-order valence-electron chi connectivity index (χ4n) is 2.53. The molecule has 5 nitrogen and oxygen atoms in total. The molecule has 2 N–H and O–H groups in total. The van der Waals surface area contributed by atoms with Gasteiger partial charge in [-0.2, -0.15) is 0 Å². The van der Waals surface area contributed by atoms with Crippen LogP contribution >= 0.6 is 0 Å². The van der Waals surface area contributed by atoms with Crippen molar-refractivity contribution in [2.24, 2.45) is 0 Å². The maximum Gasteiger partial charge on any atom is 0.254 e. The van der Waals surface area contributed by atoms with Crippen LogP contribution in [0, 0.1) is 11.8 Å². The van der Waals surface area contributed by atoms with Gasteiger partial charge in [-0.05, 0) is 31.0 Å². The molecule has 5 heteroatoms. The lowest BCUT2D eigenvalue weighted by atomic mass is 10.1. The van der Waals surface area contributed by atoms with Crippen LogP contribution in [-0.2, 0) is 0 Å². The molecule has 1 aliphatic rings. The first kappa shape index (κ1) is 15.4. The second kappa shape index (κ2) is 7.11. The van der Waals surface area contributed by atoms with E-state index in [9.17, 15) is 9.90 Å². The molecule has 0 saturated carbocycles. The highest BCUT2D eigenvalue weighted by Crippen LogP contribution is 2.23. The summed E-state index contributed by atoms with van der Waals surface area (Å²) >= 11 is 0. The molecule has 1 fully saturated rings. The third-order valence-electron chi connectivity index (χ3n) is 3.60. The summed E-state index contributed by atoms with van der Waals surface area (Å²) in [7, 11) is 1.53. The fourth-order valence-corrected chi connectivity index (χ4v) is 2.53. The van der Waals surface area contributed by atoms with E-state index in [0.29, 0.717) is 23.4 Å². The molecule has 0 spiro atoms. The highest BCUT2D eigenvalue weighted by atomic mass is 16.5. The minimum Gasteiger partial charge on any atom is -0.495 e. The molecule has 0 bridgehead atoms. The van der Waals surface area contributed by atoms with Crippen LogP contribution in [0.4, 0.5) is 0 Å². The van der Waals surface area contributed by atoms with E-state index in [-0.39, 0.29) is 25.2 Å². The van der Waals surface area contributed by atoms with Crippen LogP contribution in [0.25, 0.3) is 0 Å². The third-order valence-corrected chi connectivity index (χ3v) is 3.60. The standard InChI is InChI=1S/C16H19NO4/c1-21-15-7-6-13(10-12(15)4-3-9-18)16(20)17-8-2-5-14(17)11-19/h6-7,10,14,18-19H,2,5,8-9,11H2,1H3. The van der Waals surface area contributed by atoms with Crippen LogP contribution in [0.3, 0.4) is 0 Å². The Morgan fingerprint density at radius 1 is 1.48 bits per heavy atom. The molecular formula is C16H19NO4. The summed E-state index contributed by atoms with van der Waals surface area (Å²) in [6, 6.07) is 4.94. The zero-order valence-corrected chi connectivity index (χ0v) is 12.0. The van der Waals surface area contributed by atoms with Crippen LogP contribution in [0.5, 0.6) is 5.75 Å². The summed E-state index contributed by atoms with van der Waals surface area (Å²) in [5, 5.41) is 18.1. The molecular weight excluding hydrogens is 270 g/mol. The van der Waals surface area contributed by atoms with Crippen LogP contribution < -0.4 is 4.74 Å². The summed E-state index contributed by atoms with van der Waals surface area (Å²) in [5.74, 6) is 5.79. The Bertz CT molecular complexity index is 573. The minimum atomic E-state index is -0.250. The number of carbonyl (C=O) groups excluding carboxylic acids is 1. The number of hydrogen-bond donors (Lipinski definition) is 2. The van der Waals surface area contributed by atoms with E-state index in [0.717, 1.165) is 12.8 Å². The smallest absolute Gasteiger partial charge is 0.254 e. The van der Waals surface area contributed by atoms with Gasteiger partial charge >= 0.3 is 0 Å². The first-order valence-corrected chi connectivity index (χ1v) is 6.91. The Morgan fingerprint density at radius 2 is 2.29 bits per heavy atom. The largest absolute Gasteiger partial charge is 0.495 e. The number of aliphatic hydroxyl groups excluding tert-OH is 2. The van der Waals surface area contributed by atoms with Crippen LogP contribution in [0.1, 0.15) is 28.8 Å². The molecule has 0 aliphatic carbocycles. The van der Waals surface area contributed by atoms with Gasteiger partial charge in [0.25, 0.3) is 5.91 Å². The van der Waals surface area contributed by atoms with Crippen molar-refractivity contribution < 1.29 is 19.7 Å². The Hall–Kier alpha value is -2.03. The van der Waals surface area contributed by atoms with Crippen LogP contribution in [0.15, 0.2) is 18.2 Å². The fraction of sp³-hybridized carbons (Fsp3) is 0.438. The van der Waals surface area contributed by atoms with Crippen molar-refractivity contribution >= 4 is 5.91 Å². The Kier molecular flexibility index (Phi) is 5.20. The van der Waals surface area contributed by atoms with Gasteiger partial charge in [-0.1, -0.05) is 11.8 Å². The minimum absolute atomic E-state index is 0.0148. The van der Waals surface area contributed by atoms with Crippen molar-refractivity contribution in [3.8, 4) is 17.6 Å². The Labute approximate surface area is 124 Å². The lowest BCUT2D eigenvalue weighted by molar-refractivity contribution is 0.0677. The first-order chi connectivity index (χ1) is 10.2. The molecule has 1 aromatic carbocycles. The zero-order chi connectivity index (χ0) is 15.2. The van der Waals surface area contributed by atoms with Gasteiger partial charge < -0.3 is 19.8 Å². The summed E-state index contributed by atoms with van der Waals surface area (Å²) in [6.07, 6.45) is 1.74. The lowest BCUT2D eigenvalue weighted by Gasteiger charge is -2.23. The van der Waals surface area contributed by atoms with Gasteiger partial charge in [0.1, 0.15) is 12.4 Å². The monoisotopic (exact) mass is 289 g/mol. The highest BCUT2D eigenvalue weighted by molar-refractivity contribution is 5.95. The number of carbonyl (C=O) groups is 1. The predicted octanol–water partition coefficient (Wildman–Crippen LogP) is 0.636. The topological polar surface area (TPSA) is 70.0 Å². The maximum absolute atomic E-state index is 12.5. The van der Waals surface area contributed by atoms with Crippen molar-refractivity contribution in [1.29, 1.82) is 0 Å². The molecule has 21 heavy (non-hydrogen) atoms. The molecule has 112 valence electrons. The molecule has 1 amide bonds. The van der Waals surface area contributed by atoms with Crippen LogP contribution in [0.2, 0.25) is 0 Å². The van der Waals surface area contributed by atoms with Gasteiger partial charge in [0.2, 0.25) is 0 Å². The first-order valence-electron chi connectivity index (χ1n) is 6.91. The summed E-state index contributed by atoms with van der Waals surface area (Å²) in [6.45, 7) is 0.396. The summed E-state index contributed by atoms with van der Waals surface area (Å²) in [4.78, 5) is 14.2. The number of rotatable bonds is 3. The number of likely N-dealkylation sites (tertiary alicyclic amines) is 1. The third kappa shape index (κ3) is 3.35.